The Morgan fingerprint density at radius 2 is 2.07 bits per heavy atom. The van der Waals surface area contributed by atoms with E-state index >= 15 is 0 Å². The average molecular weight is 389 g/mol. The third kappa shape index (κ3) is 6.07. The van der Waals surface area contributed by atoms with Crippen LogP contribution in [0.1, 0.15) is 20.8 Å². The van der Waals surface area contributed by atoms with Crippen molar-refractivity contribution >= 4 is 11.8 Å². The number of nitrogens with one attached hydrogen (secondary N) is 1. The maximum absolute atomic E-state index is 5.97. The zero-order chi connectivity index (χ0) is 19.8. The van der Waals surface area contributed by atoms with Crippen LogP contribution in [-0.2, 0) is 4.74 Å². The first kappa shape index (κ1) is 20.9. The van der Waals surface area contributed by atoms with Gasteiger partial charge < -0.3 is 19.9 Å². The first-order valence-electron chi connectivity index (χ1n) is 10.7. The van der Waals surface area contributed by atoms with Crippen molar-refractivity contribution in [2.75, 3.05) is 70.4 Å². The number of pyridine rings is 1. The molecule has 0 saturated carbocycles. The number of morpholine rings is 1. The summed E-state index contributed by atoms with van der Waals surface area (Å²) in [5, 5.41) is 3.46. The van der Waals surface area contributed by atoms with E-state index in [-0.39, 0.29) is 6.10 Å². The molecule has 1 aromatic heterocycles. The van der Waals surface area contributed by atoms with Crippen molar-refractivity contribution in [1.82, 2.24) is 20.1 Å². The van der Waals surface area contributed by atoms with Gasteiger partial charge in [0.2, 0.25) is 0 Å². The Balaban J connectivity index is 1.53. The van der Waals surface area contributed by atoms with E-state index in [0.29, 0.717) is 5.92 Å². The maximum atomic E-state index is 5.97. The monoisotopic (exact) mass is 388 g/mol. The van der Waals surface area contributed by atoms with Crippen molar-refractivity contribution in [2.45, 2.75) is 26.9 Å². The van der Waals surface area contributed by atoms with Crippen LogP contribution in [0, 0.1) is 5.92 Å². The standard InChI is InChI=1S/C21H36N6O/c1-4-22-21(24-15-19-17-25(13-14-28-19)16-18(2)3)27-11-9-26(10-12-27)20-7-5-6-8-23-20/h5-8,18-19H,4,9-17H2,1-3H3,(H,22,24). The third-order valence-electron chi connectivity index (χ3n) is 5.18. The number of aliphatic imine (C=N–C) groups is 1. The van der Waals surface area contributed by atoms with Gasteiger partial charge >= 0.3 is 0 Å². The van der Waals surface area contributed by atoms with E-state index < -0.39 is 0 Å². The number of rotatable bonds is 6. The molecular formula is C21H36N6O. The largest absolute Gasteiger partial charge is 0.374 e. The van der Waals surface area contributed by atoms with Crippen molar-refractivity contribution in [2.24, 2.45) is 10.9 Å². The number of piperazine rings is 1. The van der Waals surface area contributed by atoms with Crippen LogP contribution in [0.3, 0.4) is 0 Å². The summed E-state index contributed by atoms with van der Waals surface area (Å²) in [7, 11) is 0. The van der Waals surface area contributed by atoms with Crippen molar-refractivity contribution in [3.05, 3.63) is 24.4 Å². The highest BCUT2D eigenvalue weighted by atomic mass is 16.5. The second-order valence-electron chi connectivity index (χ2n) is 8.00. The molecule has 0 bridgehead atoms. The highest BCUT2D eigenvalue weighted by Gasteiger charge is 2.23. The predicted octanol–water partition coefficient (Wildman–Crippen LogP) is 1.53. The minimum atomic E-state index is 0.191. The molecule has 1 atom stereocenters. The zero-order valence-electron chi connectivity index (χ0n) is 17.7. The third-order valence-corrected chi connectivity index (χ3v) is 5.18. The van der Waals surface area contributed by atoms with E-state index in [0.717, 1.165) is 77.3 Å². The quantitative estimate of drug-likeness (QED) is 0.589. The lowest BCUT2D eigenvalue weighted by atomic mass is 10.2. The molecule has 156 valence electrons. The second-order valence-corrected chi connectivity index (χ2v) is 8.00. The van der Waals surface area contributed by atoms with Gasteiger partial charge in [-0.25, -0.2) is 4.98 Å². The molecular weight excluding hydrogens is 352 g/mol. The number of hydrogen-bond donors (Lipinski definition) is 1. The van der Waals surface area contributed by atoms with E-state index in [1.807, 2.05) is 18.3 Å². The number of hydrogen-bond acceptors (Lipinski definition) is 5. The summed E-state index contributed by atoms with van der Waals surface area (Å²) < 4.78 is 5.97. The van der Waals surface area contributed by atoms with Crippen molar-refractivity contribution in [3.63, 3.8) is 0 Å². The molecule has 1 N–H and O–H groups in total. The van der Waals surface area contributed by atoms with E-state index in [1.165, 1.54) is 0 Å². The fourth-order valence-corrected chi connectivity index (χ4v) is 3.88. The van der Waals surface area contributed by atoms with Crippen LogP contribution in [0.25, 0.3) is 0 Å². The lowest BCUT2D eigenvalue weighted by Crippen LogP contribution is -2.53. The summed E-state index contributed by atoms with van der Waals surface area (Å²) in [4.78, 5) is 16.6. The zero-order valence-corrected chi connectivity index (χ0v) is 17.7. The Hall–Kier alpha value is -1.86. The first-order chi connectivity index (χ1) is 13.7. The van der Waals surface area contributed by atoms with Crippen molar-refractivity contribution < 1.29 is 4.74 Å². The molecule has 2 aliphatic rings. The fourth-order valence-electron chi connectivity index (χ4n) is 3.88. The van der Waals surface area contributed by atoms with Gasteiger partial charge in [0, 0.05) is 58.6 Å². The molecule has 0 spiro atoms. The number of nitrogens with zero attached hydrogens (tertiary/aromatic N) is 5. The van der Waals surface area contributed by atoms with Crippen LogP contribution >= 0.6 is 0 Å². The highest BCUT2D eigenvalue weighted by Crippen LogP contribution is 2.13. The van der Waals surface area contributed by atoms with E-state index in [1.54, 1.807) is 0 Å². The fraction of sp³-hybridized carbons (Fsp3) is 0.714. The molecule has 28 heavy (non-hydrogen) atoms. The lowest BCUT2D eigenvalue weighted by molar-refractivity contribution is -0.0262. The number of aromatic nitrogens is 1. The van der Waals surface area contributed by atoms with Crippen LogP contribution in [0.4, 0.5) is 5.82 Å². The van der Waals surface area contributed by atoms with Crippen molar-refractivity contribution in [1.29, 1.82) is 0 Å². The summed E-state index contributed by atoms with van der Waals surface area (Å²) in [5.41, 5.74) is 0. The van der Waals surface area contributed by atoms with E-state index in [2.05, 4.69) is 51.8 Å². The normalized spacial score (nSPS) is 22.0. The summed E-state index contributed by atoms with van der Waals surface area (Å²) >= 11 is 0. The van der Waals surface area contributed by atoms with E-state index in [9.17, 15) is 0 Å². The molecule has 1 unspecified atom stereocenters. The Morgan fingerprint density at radius 1 is 1.25 bits per heavy atom. The van der Waals surface area contributed by atoms with Crippen LogP contribution in [0.2, 0.25) is 0 Å². The molecule has 0 radical (unpaired) electrons. The van der Waals surface area contributed by atoms with Gasteiger partial charge in [-0.2, -0.15) is 0 Å². The molecule has 7 heteroatoms. The average Bonchev–Trinajstić information content (AvgIpc) is 2.72. The van der Waals surface area contributed by atoms with Crippen LogP contribution in [0.15, 0.2) is 29.4 Å². The van der Waals surface area contributed by atoms with Gasteiger partial charge in [-0.3, -0.25) is 9.89 Å². The van der Waals surface area contributed by atoms with Gasteiger partial charge in [-0.05, 0) is 25.0 Å². The summed E-state index contributed by atoms with van der Waals surface area (Å²) in [6.07, 6.45) is 2.05. The predicted molar refractivity (Wildman–Crippen MR) is 115 cm³/mol. The lowest BCUT2D eigenvalue weighted by Gasteiger charge is -2.37. The SMILES string of the molecule is CCNC(=NCC1CN(CC(C)C)CCO1)N1CCN(c2ccccn2)CC1. The smallest absolute Gasteiger partial charge is 0.194 e. The van der Waals surface area contributed by atoms with Crippen LogP contribution in [0.5, 0.6) is 0 Å². The Labute approximate surface area is 169 Å². The summed E-state index contributed by atoms with van der Waals surface area (Å²) in [6.45, 7) is 16.1. The molecule has 3 heterocycles. The second kappa shape index (κ2) is 10.6. The molecule has 2 saturated heterocycles. The number of guanidine groups is 1. The topological polar surface area (TPSA) is 56.2 Å². The molecule has 7 nitrogen and oxygen atoms in total. The van der Waals surface area contributed by atoms with Gasteiger partial charge in [-0.15, -0.1) is 0 Å². The minimum Gasteiger partial charge on any atom is -0.374 e. The molecule has 3 rings (SSSR count). The Morgan fingerprint density at radius 3 is 2.75 bits per heavy atom. The maximum Gasteiger partial charge on any atom is 0.194 e. The molecule has 0 aromatic carbocycles. The molecule has 2 aliphatic heterocycles. The van der Waals surface area contributed by atoms with Gasteiger partial charge in [0.15, 0.2) is 5.96 Å². The van der Waals surface area contributed by atoms with Crippen molar-refractivity contribution in [3.8, 4) is 0 Å². The minimum absolute atomic E-state index is 0.191. The Bertz CT molecular complexity index is 600. The number of anilines is 1. The molecule has 0 amide bonds. The molecule has 0 aliphatic carbocycles. The first-order valence-corrected chi connectivity index (χ1v) is 10.7. The van der Waals surface area contributed by atoms with E-state index in [4.69, 9.17) is 9.73 Å². The summed E-state index contributed by atoms with van der Waals surface area (Å²) in [5.74, 6) is 2.76. The van der Waals surface area contributed by atoms with Gasteiger partial charge in [0.25, 0.3) is 0 Å². The Kier molecular flexibility index (Phi) is 7.91. The van der Waals surface area contributed by atoms with Crippen LogP contribution < -0.4 is 10.2 Å². The van der Waals surface area contributed by atoms with Crippen LogP contribution in [-0.4, -0.2) is 92.4 Å². The summed E-state index contributed by atoms with van der Waals surface area (Å²) in [6, 6.07) is 6.09. The molecule has 1 aromatic rings. The van der Waals surface area contributed by atoms with Gasteiger partial charge in [0.1, 0.15) is 5.82 Å². The number of ether oxygens (including phenoxy) is 1. The highest BCUT2D eigenvalue weighted by molar-refractivity contribution is 5.80. The van der Waals surface area contributed by atoms with Gasteiger partial charge in [-0.1, -0.05) is 19.9 Å². The molecule has 2 fully saturated rings. The van der Waals surface area contributed by atoms with Gasteiger partial charge in [0.05, 0.1) is 19.3 Å².